The predicted molar refractivity (Wildman–Crippen MR) is 108 cm³/mol. The minimum Gasteiger partial charge on any atom is -0.358 e. The number of rotatable bonds is 3. The molecule has 6 heteroatoms. The van der Waals surface area contributed by atoms with Crippen LogP contribution >= 0.6 is 0 Å². The number of benzene rings is 2. The van der Waals surface area contributed by atoms with Crippen molar-refractivity contribution in [3.63, 3.8) is 0 Å². The lowest BCUT2D eigenvalue weighted by Gasteiger charge is -2.19. The number of carbonyl (C=O) groups is 2. The van der Waals surface area contributed by atoms with Crippen molar-refractivity contribution in [3.8, 4) is 0 Å². The molecule has 144 valence electrons. The summed E-state index contributed by atoms with van der Waals surface area (Å²) >= 11 is 0. The second kappa shape index (κ2) is 6.78. The van der Waals surface area contributed by atoms with Gasteiger partial charge >= 0.3 is 0 Å². The van der Waals surface area contributed by atoms with Crippen LogP contribution in [0.3, 0.4) is 0 Å². The van der Waals surface area contributed by atoms with Gasteiger partial charge in [0.2, 0.25) is 5.91 Å². The first kappa shape index (κ1) is 18.2. The van der Waals surface area contributed by atoms with E-state index in [0.717, 1.165) is 23.2 Å². The number of aromatic amines is 1. The number of H-pyrrole nitrogens is 1. The van der Waals surface area contributed by atoms with E-state index in [1.54, 1.807) is 24.0 Å². The summed E-state index contributed by atoms with van der Waals surface area (Å²) in [5, 5.41) is 3.47. The zero-order chi connectivity index (χ0) is 20.0. The molecule has 28 heavy (non-hydrogen) atoms. The number of nitrogens with one attached hydrogen (secondary N) is 2. The van der Waals surface area contributed by atoms with Crippen LogP contribution in [0.25, 0.3) is 10.9 Å². The van der Waals surface area contributed by atoms with Crippen LogP contribution in [0.15, 0.2) is 36.4 Å². The number of aromatic nitrogens is 1. The van der Waals surface area contributed by atoms with Crippen molar-refractivity contribution in [2.75, 3.05) is 16.8 Å². The second-order valence-corrected chi connectivity index (χ2v) is 7.51. The molecule has 2 heterocycles. The molecule has 0 atom stereocenters. The fourth-order valence-electron chi connectivity index (χ4n) is 3.81. The third kappa shape index (κ3) is 3.05. The van der Waals surface area contributed by atoms with E-state index in [1.165, 1.54) is 12.1 Å². The van der Waals surface area contributed by atoms with Gasteiger partial charge in [0.25, 0.3) is 5.91 Å². The molecule has 1 aliphatic heterocycles. The maximum Gasteiger partial charge on any atom is 0.258 e. The van der Waals surface area contributed by atoms with Crippen LogP contribution in [0.5, 0.6) is 0 Å². The lowest BCUT2D eigenvalue weighted by atomic mass is 10.1. The minimum atomic E-state index is -0.381. The molecular formula is C22H22FN3O2. The summed E-state index contributed by atoms with van der Waals surface area (Å²) < 4.78 is 13.6. The van der Waals surface area contributed by atoms with Gasteiger partial charge in [0.05, 0.1) is 5.56 Å². The van der Waals surface area contributed by atoms with E-state index >= 15 is 0 Å². The summed E-state index contributed by atoms with van der Waals surface area (Å²) in [4.78, 5) is 30.1. The van der Waals surface area contributed by atoms with Crippen molar-refractivity contribution >= 4 is 34.1 Å². The van der Waals surface area contributed by atoms with Gasteiger partial charge < -0.3 is 15.2 Å². The van der Waals surface area contributed by atoms with Gasteiger partial charge in [-0.3, -0.25) is 9.59 Å². The molecule has 1 aliphatic rings. The monoisotopic (exact) mass is 379 g/mol. The number of hydrogen-bond donors (Lipinski definition) is 2. The molecule has 4 rings (SSSR count). The number of aryl methyl sites for hydroxylation is 1. The highest BCUT2D eigenvalue weighted by Crippen LogP contribution is 2.32. The number of halogens is 1. The van der Waals surface area contributed by atoms with Crippen LogP contribution in [0.1, 0.15) is 35.5 Å². The fraction of sp³-hybridized carbons (Fsp3) is 0.273. The fourth-order valence-corrected chi connectivity index (χ4v) is 3.81. The summed E-state index contributed by atoms with van der Waals surface area (Å²) in [6, 6.07) is 9.94. The van der Waals surface area contributed by atoms with Crippen LogP contribution in [-0.2, 0) is 11.2 Å². The molecule has 5 nitrogen and oxygen atoms in total. The van der Waals surface area contributed by atoms with Gasteiger partial charge in [-0.25, -0.2) is 4.39 Å². The number of anilines is 2. The zero-order valence-electron chi connectivity index (χ0n) is 16.1. The highest BCUT2D eigenvalue weighted by molar-refractivity contribution is 6.14. The topological polar surface area (TPSA) is 65.2 Å². The Labute approximate surface area is 162 Å². The maximum absolute atomic E-state index is 13.6. The van der Waals surface area contributed by atoms with Gasteiger partial charge in [0.15, 0.2) is 0 Å². The first-order chi connectivity index (χ1) is 13.3. The third-order valence-corrected chi connectivity index (χ3v) is 5.17. The molecule has 2 N–H and O–H groups in total. The Morgan fingerprint density at radius 3 is 2.71 bits per heavy atom. The average Bonchev–Trinajstić information content (AvgIpc) is 3.20. The number of amides is 2. The normalized spacial score (nSPS) is 13.2. The number of carbonyl (C=O) groups excluding carboxylic acids is 2. The molecule has 0 saturated carbocycles. The van der Waals surface area contributed by atoms with E-state index in [2.05, 4.69) is 10.3 Å². The molecule has 0 fully saturated rings. The van der Waals surface area contributed by atoms with Crippen LogP contribution in [0.4, 0.5) is 15.8 Å². The van der Waals surface area contributed by atoms with E-state index in [1.807, 2.05) is 26.0 Å². The molecule has 0 spiro atoms. The SMILES string of the molecule is Cc1[nH]c2ccc(F)cc2c1C(=O)Nc1ccc2c(c1)CCN2C(=O)C(C)C. The van der Waals surface area contributed by atoms with Gasteiger partial charge in [-0.2, -0.15) is 0 Å². The summed E-state index contributed by atoms with van der Waals surface area (Å²) in [6.07, 6.45) is 0.759. The Hall–Kier alpha value is -3.15. The van der Waals surface area contributed by atoms with Gasteiger partial charge in [-0.15, -0.1) is 0 Å². The van der Waals surface area contributed by atoms with Crippen LogP contribution in [0, 0.1) is 18.7 Å². The summed E-state index contributed by atoms with van der Waals surface area (Å²) in [5.74, 6) is -0.627. The van der Waals surface area contributed by atoms with Gasteiger partial charge in [-0.05, 0) is 55.3 Å². The van der Waals surface area contributed by atoms with E-state index in [0.29, 0.717) is 28.9 Å². The molecular weight excluding hydrogens is 357 g/mol. The highest BCUT2D eigenvalue weighted by Gasteiger charge is 2.26. The van der Waals surface area contributed by atoms with E-state index in [9.17, 15) is 14.0 Å². The first-order valence-electron chi connectivity index (χ1n) is 9.38. The Morgan fingerprint density at radius 2 is 1.96 bits per heavy atom. The van der Waals surface area contributed by atoms with Crippen LogP contribution in [-0.4, -0.2) is 23.3 Å². The second-order valence-electron chi connectivity index (χ2n) is 7.51. The van der Waals surface area contributed by atoms with Gasteiger partial charge in [0.1, 0.15) is 5.82 Å². The molecule has 2 aromatic carbocycles. The van der Waals surface area contributed by atoms with E-state index in [-0.39, 0.29) is 23.5 Å². The van der Waals surface area contributed by atoms with E-state index in [4.69, 9.17) is 0 Å². The molecule has 2 amide bonds. The standard InChI is InChI=1S/C22H22FN3O2/c1-12(2)22(28)26-9-8-14-10-16(5-7-19(14)26)25-21(27)20-13(3)24-18-6-4-15(23)11-17(18)20/h4-7,10-12,24H,8-9H2,1-3H3,(H,25,27). The minimum absolute atomic E-state index is 0.0597. The van der Waals surface area contributed by atoms with Crippen molar-refractivity contribution in [2.24, 2.45) is 5.92 Å². The lowest BCUT2D eigenvalue weighted by molar-refractivity contribution is -0.121. The molecule has 3 aromatic rings. The summed E-state index contributed by atoms with van der Waals surface area (Å²) in [5.41, 5.74) is 4.45. The van der Waals surface area contributed by atoms with Crippen molar-refractivity contribution in [1.82, 2.24) is 4.98 Å². The quantitative estimate of drug-likeness (QED) is 0.708. The Bertz CT molecular complexity index is 1100. The maximum atomic E-state index is 13.6. The lowest BCUT2D eigenvalue weighted by Crippen LogP contribution is -2.32. The Morgan fingerprint density at radius 1 is 1.18 bits per heavy atom. The smallest absolute Gasteiger partial charge is 0.258 e. The third-order valence-electron chi connectivity index (χ3n) is 5.17. The average molecular weight is 379 g/mol. The molecule has 0 unspecified atom stereocenters. The number of hydrogen-bond acceptors (Lipinski definition) is 2. The largest absolute Gasteiger partial charge is 0.358 e. The van der Waals surface area contributed by atoms with Crippen LogP contribution < -0.4 is 10.2 Å². The molecule has 0 bridgehead atoms. The Kier molecular flexibility index (Phi) is 4.41. The first-order valence-corrected chi connectivity index (χ1v) is 9.38. The van der Waals surface area contributed by atoms with Crippen molar-refractivity contribution in [1.29, 1.82) is 0 Å². The number of nitrogens with zero attached hydrogens (tertiary/aromatic N) is 1. The molecule has 0 saturated heterocycles. The Balaban J connectivity index is 1.61. The summed E-state index contributed by atoms with van der Waals surface area (Å²) in [7, 11) is 0. The highest BCUT2D eigenvalue weighted by atomic mass is 19.1. The van der Waals surface area contributed by atoms with Crippen molar-refractivity contribution in [2.45, 2.75) is 27.2 Å². The van der Waals surface area contributed by atoms with E-state index < -0.39 is 0 Å². The van der Waals surface area contributed by atoms with Crippen LogP contribution in [0.2, 0.25) is 0 Å². The molecule has 0 aliphatic carbocycles. The van der Waals surface area contributed by atoms with Crippen molar-refractivity contribution < 1.29 is 14.0 Å². The molecule has 0 radical (unpaired) electrons. The summed E-state index contributed by atoms with van der Waals surface area (Å²) in [6.45, 7) is 6.23. The zero-order valence-corrected chi connectivity index (χ0v) is 16.1. The predicted octanol–water partition coefficient (Wildman–Crippen LogP) is 4.41. The van der Waals surface area contributed by atoms with Gasteiger partial charge in [-0.1, -0.05) is 13.8 Å². The van der Waals surface area contributed by atoms with Gasteiger partial charge in [0, 0.05) is 40.4 Å². The number of fused-ring (bicyclic) bond motifs is 2. The molecule has 1 aromatic heterocycles. The van der Waals surface area contributed by atoms with Crippen molar-refractivity contribution in [3.05, 3.63) is 59.0 Å².